The van der Waals surface area contributed by atoms with Crippen LogP contribution < -0.4 is 0 Å². The van der Waals surface area contributed by atoms with Gasteiger partial charge >= 0.3 is 5.97 Å². The number of carboxylic acid groups (broad SMARTS) is 1. The van der Waals surface area contributed by atoms with Gasteiger partial charge in [-0.25, -0.2) is 4.79 Å². The molecule has 3 aromatic rings. The molecule has 1 N–H and O–H groups in total. The molecule has 0 unspecified atom stereocenters. The molecule has 144 valence electrons. The molecule has 4 rings (SSSR count). The van der Waals surface area contributed by atoms with Gasteiger partial charge in [-0.2, -0.15) is 0 Å². The SMILES string of the molecule is O=C(O)[C@H](Cc1ccccc1)N1C(=O)/C(=C\c2cccc3ccccc23)SC1=S. The fourth-order valence-corrected chi connectivity index (χ4v) is 4.74. The van der Waals surface area contributed by atoms with Crippen LogP contribution in [-0.2, 0) is 16.0 Å². The van der Waals surface area contributed by atoms with Crippen LogP contribution in [0.2, 0.25) is 0 Å². The summed E-state index contributed by atoms with van der Waals surface area (Å²) in [6.45, 7) is 0. The molecule has 1 aliphatic rings. The maximum absolute atomic E-state index is 13.1. The zero-order valence-electron chi connectivity index (χ0n) is 15.3. The molecule has 1 fully saturated rings. The highest BCUT2D eigenvalue weighted by molar-refractivity contribution is 8.26. The lowest BCUT2D eigenvalue weighted by Crippen LogP contribution is -2.45. The second-order valence-electron chi connectivity index (χ2n) is 6.66. The summed E-state index contributed by atoms with van der Waals surface area (Å²) < 4.78 is 0.268. The van der Waals surface area contributed by atoms with Gasteiger partial charge in [-0.3, -0.25) is 9.69 Å². The Balaban J connectivity index is 1.67. The first-order valence-electron chi connectivity index (χ1n) is 9.06. The molecule has 0 aromatic heterocycles. The summed E-state index contributed by atoms with van der Waals surface area (Å²) in [5, 5.41) is 11.9. The molecule has 1 aliphatic heterocycles. The van der Waals surface area contributed by atoms with Gasteiger partial charge in [-0.15, -0.1) is 0 Å². The van der Waals surface area contributed by atoms with Crippen LogP contribution >= 0.6 is 24.0 Å². The zero-order chi connectivity index (χ0) is 20.4. The van der Waals surface area contributed by atoms with Gasteiger partial charge in [-0.1, -0.05) is 96.8 Å². The fraction of sp³-hybridized carbons (Fsp3) is 0.0870. The minimum Gasteiger partial charge on any atom is -0.480 e. The predicted molar refractivity (Wildman–Crippen MR) is 121 cm³/mol. The number of hydrogen-bond donors (Lipinski definition) is 1. The molecule has 4 nitrogen and oxygen atoms in total. The van der Waals surface area contributed by atoms with Gasteiger partial charge in [0.1, 0.15) is 10.4 Å². The van der Waals surface area contributed by atoms with E-state index in [0.29, 0.717) is 4.91 Å². The van der Waals surface area contributed by atoms with E-state index in [4.69, 9.17) is 12.2 Å². The summed E-state index contributed by atoms with van der Waals surface area (Å²) in [5.41, 5.74) is 1.74. The van der Waals surface area contributed by atoms with Crippen molar-refractivity contribution in [3.05, 3.63) is 88.8 Å². The number of carboxylic acids is 1. The van der Waals surface area contributed by atoms with Crippen molar-refractivity contribution in [1.82, 2.24) is 4.90 Å². The quantitative estimate of drug-likeness (QED) is 0.478. The van der Waals surface area contributed by atoms with Crippen LogP contribution in [0.15, 0.2) is 77.7 Å². The summed E-state index contributed by atoms with van der Waals surface area (Å²) in [7, 11) is 0. The highest BCUT2D eigenvalue weighted by Crippen LogP contribution is 2.35. The number of thioether (sulfide) groups is 1. The number of rotatable bonds is 5. The number of carbonyl (C=O) groups excluding carboxylic acids is 1. The van der Waals surface area contributed by atoms with Crippen LogP contribution in [0.25, 0.3) is 16.8 Å². The van der Waals surface area contributed by atoms with E-state index < -0.39 is 12.0 Å². The number of nitrogens with zero attached hydrogens (tertiary/aromatic N) is 1. The van der Waals surface area contributed by atoms with E-state index in [1.807, 2.05) is 72.8 Å². The molecule has 1 saturated heterocycles. The van der Waals surface area contributed by atoms with Crippen LogP contribution in [0.1, 0.15) is 11.1 Å². The number of thiocarbonyl (C=S) groups is 1. The second kappa shape index (κ2) is 8.19. The third kappa shape index (κ3) is 3.95. The van der Waals surface area contributed by atoms with Gasteiger partial charge in [0.2, 0.25) is 0 Å². The third-order valence-electron chi connectivity index (χ3n) is 4.80. The van der Waals surface area contributed by atoms with Crippen LogP contribution in [0.3, 0.4) is 0 Å². The highest BCUT2D eigenvalue weighted by Gasteiger charge is 2.40. The van der Waals surface area contributed by atoms with Crippen molar-refractivity contribution in [1.29, 1.82) is 0 Å². The predicted octanol–water partition coefficient (Wildman–Crippen LogP) is 4.74. The fourth-order valence-electron chi connectivity index (χ4n) is 3.39. The van der Waals surface area contributed by atoms with Gasteiger partial charge in [0, 0.05) is 6.42 Å². The van der Waals surface area contributed by atoms with Crippen LogP contribution in [0.5, 0.6) is 0 Å². The molecule has 1 amide bonds. The molecular formula is C23H17NO3S2. The number of fused-ring (bicyclic) bond motifs is 1. The van der Waals surface area contributed by atoms with Crippen molar-refractivity contribution in [2.75, 3.05) is 0 Å². The Kier molecular flexibility index (Phi) is 5.47. The first kappa shape index (κ1) is 19.4. The topological polar surface area (TPSA) is 57.6 Å². The van der Waals surface area contributed by atoms with E-state index in [1.54, 1.807) is 6.08 Å². The molecule has 1 atom stereocenters. The van der Waals surface area contributed by atoms with E-state index in [0.717, 1.165) is 33.7 Å². The Morgan fingerprint density at radius 3 is 2.48 bits per heavy atom. The van der Waals surface area contributed by atoms with Crippen molar-refractivity contribution < 1.29 is 14.7 Å². The zero-order valence-corrected chi connectivity index (χ0v) is 17.0. The second-order valence-corrected chi connectivity index (χ2v) is 8.34. The summed E-state index contributed by atoms with van der Waals surface area (Å²) in [4.78, 5) is 26.7. The highest BCUT2D eigenvalue weighted by atomic mass is 32.2. The lowest BCUT2D eigenvalue weighted by molar-refractivity contribution is -0.145. The molecule has 0 aliphatic carbocycles. The molecule has 0 spiro atoms. The lowest BCUT2D eigenvalue weighted by Gasteiger charge is -2.23. The Hall–Kier alpha value is -2.96. The average Bonchev–Trinajstić information content (AvgIpc) is 3.00. The van der Waals surface area contributed by atoms with Crippen LogP contribution in [0, 0.1) is 0 Å². The molecule has 0 bridgehead atoms. The number of carbonyl (C=O) groups is 2. The number of benzene rings is 3. The molecule has 3 aromatic carbocycles. The van der Waals surface area contributed by atoms with Gasteiger partial charge in [0.25, 0.3) is 5.91 Å². The molecule has 0 saturated carbocycles. The summed E-state index contributed by atoms with van der Waals surface area (Å²) in [5.74, 6) is -1.44. The van der Waals surface area contributed by atoms with Crippen molar-refractivity contribution in [2.45, 2.75) is 12.5 Å². The monoisotopic (exact) mass is 419 g/mol. The first-order valence-corrected chi connectivity index (χ1v) is 10.3. The Labute approximate surface area is 177 Å². The maximum Gasteiger partial charge on any atom is 0.327 e. The van der Waals surface area contributed by atoms with E-state index in [9.17, 15) is 14.7 Å². The van der Waals surface area contributed by atoms with Crippen molar-refractivity contribution >= 4 is 57.0 Å². The van der Waals surface area contributed by atoms with Crippen molar-refractivity contribution in [3.8, 4) is 0 Å². The van der Waals surface area contributed by atoms with E-state index in [2.05, 4.69) is 0 Å². The number of hydrogen-bond acceptors (Lipinski definition) is 4. The van der Waals surface area contributed by atoms with Gasteiger partial charge in [0.05, 0.1) is 4.91 Å². The van der Waals surface area contributed by atoms with E-state index >= 15 is 0 Å². The standard InChI is InChI=1S/C23H17NO3S2/c25-21-20(14-17-11-6-10-16-9-4-5-12-18(16)17)29-23(28)24(21)19(22(26)27)13-15-7-2-1-3-8-15/h1-12,14,19H,13H2,(H,26,27)/b20-14+/t19-/m0/s1. The largest absolute Gasteiger partial charge is 0.480 e. The smallest absolute Gasteiger partial charge is 0.327 e. The lowest BCUT2D eigenvalue weighted by atomic mass is 10.0. The van der Waals surface area contributed by atoms with Crippen LogP contribution in [-0.4, -0.2) is 32.2 Å². The Bertz CT molecular complexity index is 1140. The van der Waals surface area contributed by atoms with E-state index in [1.165, 1.54) is 4.90 Å². The molecule has 0 radical (unpaired) electrons. The van der Waals surface area contributed by atoms with E-state index in [-0.39, 0.29) is 16.6 Å². The summed E-state index contributed by atoms with van der Waals surface area (Å²) in [6.07, 6.45) is 1.99. The minimum absolute atomic E-state index is 0.199. The van der Waals surface area contributed by atoms with Crippen molar-refractivity contribution in [3.63, 3.8) is 0 Å². The minimum atomic E-state index is -1.07. The van der Waals surface area contributed by atoms with Gasteiger partial charge in [0.15, 0.2) is 0 Å². The third-order valence-corrected chi connectivity index (χ3v) is 6.13. The summed E-state index contributed by atoms with van der Waals surface area (Å²) >= 11 is 6.53. The molecule has 29 heavy (non-hydrogen) atoms. The van der Waals surface area contributed by atoms with Crippen molar-refractivity contribution in [2.24, 2.45) is 0 Å². The van der Waals surface area contributed by atoms with Gasteiger partial charge in [-0.05, 0) is 28.0 Å². The Morgan fingerprint density at radius 1 is 1.03 bits per heavy atom. The molecular weight excluding hydrogens is 402 g/mol. The molecule has 1 heterocycles. The number of amides is 1. The Morgan fingerprint density at radius 2 is 1.72 bits per heavy atom. The van der Waals surface area contributed by atoms with Gasteiger partial charge < -0.3 is 5.11 Å². The average molecular weight is 420 g/mol. The normalized spacial score (nSPS) is 16.6. The molecule has 6 heteroatoms. The first-order chi connectivity index (χ1) is 14.0. The van der Waals surface area contributed by atoms with Crippen LogP contribution in [0.4, 0.5) is 0 Å². The number of aliphatic carboxylic acids is 1. The summed E-state index contributed by atoms with van der Waals surface area (Å²) in [6, 6.07) is 22.0. The maximum atomic E-state index is 13.1.